The second kappa shape index (κ2) is 5.87. The van der Waals surface area contributed by atoms with E-state index in [1.807, 2.05) is 12.1 Å². The Labute approximate surface area is 111 Å². The number of hydrogen-bond acceptors (Lipinski definition) is 2. The fourth-order valence-corrected chi connectivity index (χ4v) is 3.25. The third kappa shape index (κ3) is 3.58. The first kappa shape index (κ1) is 15.2. The maximum absolute atomic E-state index is 11.4. The van der Waals surface area contributed by atoms with Gasteiger partial charge < -0.3 is 0 Å². The van der Waals surface area contributed by atoms with Crippen LogP contribution in [0.15, 0.2) is 29.2 Å². The van der Waals surface area contributed by atoms with Crippen molar-refractivity contribution in [2.24, 2.45) is 0 Å². The minimum atomic E-state index is -3.09. The normalized spacial score (nSPS) is 12.7. The topological polar surface area (TPSA) is 34.1 Å². The summed E-state index contributed by atoms with van der Waals surface area (Å²) in [5, 5.41) is 0. The van der Waals surface area contributed by atoms with Crippen LogP contribution in [-0.2, 0) is 15.3 Å². The molecule has 18 heavy (non-hydrogen) atoms. The molecule has 1 rings (SSSR count). The van der Waals surface area contributed by atoms with Crippen LogP contribution in [0, 0.1) is 0 Å². The molecule has 0 aliphatic rings. The molecular formula is C15H24O2S. The molecule has 0 radical (unpaired) electrons. The summed E-state index contributed by atoms with van der Waals surface area (Å²) in [4.78, 5) is 0.404. The Morgan fingerprint density at radius 1 is 1.00 bits per heavy atom. The number of rotatable bonds is 6. The van der Waals surface area contributed by atoms with E-state index in [1.165, 1.54) is 11.8 Å². The molecule has 0 atom stereocenters. The van der Waals surface area contributed by atoms with Gasteiger partial charge in [0.2, 0.25) is 0 Å². The van der Waals surface area contributed by atoms with Crippen molar-refractivity contribution in [2.45, 2.75) is 56.8 Å². The summed E-state index contributed by atoms with van der Waals surface area (Å²) in [7, 11) is -3.09. The van der Waals surface area contributed by atoms with E-state index < -0.39 is 9.84 Å². The largest absolute Gasteiger partial charge is 0.224 e. The first-order valence-electron chi connectivity index (χ1n) is 6.64. The van der Waals surface area contributed by atoms with E-state index in [-0.39, 0.29) is 5.41 Å². The van der Waals surface area contributed by atoms with Crippen molar-refractivity contribution in [3.8, 4) is 0 Å². The summed E-state index contributed by atoms with van der Waals surface area (Å²) in [6, 6.07) is 7.41. The van der Waals surface area contributed by atoms with Gasteiger partial charge in [-0.1, -0.05) is 45.7 Å². The molecule has 0 spiro atoms. The second-order valence-corrected chi connectivity index (χ2v) is 7.37. The molecule has 0 fully saturated rings. The molecule has 0 heterocycles. The highest BCUT2D eigenvalue weighted by atomic mass is 32.2. The quantitative estimate of drug-likeness (QED) is 0.783. The highest BCUT2D eigenvalue weighted by molar-refractivity contribution is 7.90. The first-order valence-corrected chi connectivity index (χ1v) is 8.53. The van der Waals surface area contributed by atoms with Gasteiger partial charge in [-0.25, -0.2) is 8.42 Å². The summed E-state index contributed by atoms with van der Waals surface area (Å²) in [5.74, 6) is 0. The fraction of sp³-hybridized carbons (Fsp3) is 0.600. The Balaban J connectivity index is 3.08. The Kier molecular flexibility index (Phi) is 4.97. The molecule has 102 valence electrons. The molecule has 3 heteroatoms. The smallest absolute Gasteiger partial charge is 0.175 e. The Morgan fingerprint density at radius 2 is 1.44 bits per heavy atom. The zero-order valence-corrected chi connectivity index (χ0v) is 12.7. The minimum Gasteiger partial charge on any atom is -0.224 e. The van der Waals surface area contributed by atoms with Crippen molar-refractivity contribution < 1.29 is 8.42 Å². The van der Waals surface area contributed by atoms with Crippen LogP contribution in [0.2, 0.25) is 0 Å². The van der Waals surface area contributed by atoms with Crippen LogP contribution in [0.25, 0.3) is 0 Å². The van der Waals surface area contributed by atoms with Gasteiger partial charge in [0.1, 0.15) is 0 Å². The second-order valence-electron chi connectivity index (χ2n) is 5.36. The highest BCUT2D eigenvalue weighted by Crippen LogP contribution is 2.34. The Morgan fingerprint density at radius 3 is 1.78 bits per heavy atom. The monoisotopic (exact) mass is 268 g/mol. The predicted molar refractivity (Wildman–Crippen MR) is 76.7 cm³/mol. The van der Waals surface area contributed by atoms with Gasteiger partial charge in [0, 0.05) is 6.26 Å². The SMILES string of the molecule is CCCC(C)(CCC)c1ccc(S(C)(=O)=O)cc1. The van der Waals surface area contributed by atoms with Crippen molar-refractivity contribution in [2.75, 3.05) is 6.26 Å². The van der Waals surface area contributed by atoms with Crippen LogP contribution in [0.4, 0.5) is 0 Å². The van der Waals surface area contributed by atoms with Crippen LogP contribution >= 0.6 is 0 Å². The van der Waals surface area contributed by atoms with E-state index in [0.29, 0.717) is 4.90 Å². The van der Waals surface area contributed by atoms with Crippen molar-refractivity contribution in [1.82, 2.24) is 0 Å². The molecule has 0 amide bonds. The van der Waals surface area contributed by atoms with Crippen molar-refractivity contribution in [3.05, 3.63) is 29.8 Å². The predicted octanol–water partition coefficient (Wildman–Crippen LogP) is 3.95. The molecule has 2 nitrogen and oxygen atoms in total. The van der Waals surface area contributed by atoms with E-state index >= 15 is 0 Å². The lowest BCUT2D eigenvalue weighted by molar-refractivity contribution is 0.392. The summed E-state index contributed by atoms with van der Waals surface area (Å²) < 4.78 is 22.9. The van der Waals surface area contributed by atoms with E-state index in [9.17, 15) is 8.42 Å². The minimum absolute atomic E-state index is 0.166. The summed E-state index contributed by atoms with van der Waals surface area (Å²) in [6.45, 7) is 6.66. The summed E-state index contributed by atoms with van der Waals surface area (Å²) >= 11 is 0. The first-order chi connectivity index (χ1) is 8.33. The number of sulfone groups is 1. The molecule has 0 aliphatic heterocycles. The molecular weight excluding hydrogens is 244 g/mol. The lowest BCUT2D eigenvalue weighted by Crippen LogP contribution is -2.21. The highest BCUT2D eigenvalue weighted by Gasteiger charge is 2.24. The molecule has 0 aromatic heterocycles. The van der Waals surface area contributed by atoms with Gasteiger partial charge in [-0.2, -0.15) is 0 Å². The van der Waals surface area contributed by atoms with Gasteiger partial charge in [-0.15, -0.1) is 0 Å². The van der Waals surface area contributed by atoms with E-state index in [4.69, 9.17) is 0 Å². The summed E-state index contributed by atoms with van der Waals surface area (Å²) in [5.41, 5.74) is 1.41. The molecule has 1 aromatic rings. The summed E-state index contributed by atoms with van der Waals surface area (Å²) in [6.07, 6.45) is 5.81. The van der Waals surface area contributed by atoms with Crippen LogP contribution in [0.3, 0.4) is 0 Å². The van der Waals surface area contributed by atoms with Crippen molar-refractivity contribution in [1.29, 1.82) is 0 Å². The van der Waals surface area contributed by atoms with Gasteiger partial charge in [-0.05, 0) is 36.0 Å². The van der Waals surface area contributed by atoms with E-state index in [1.54, 1.807) is 12.1 Å². The average molecular weight is 268 g/mol. The van der Waals surface area contributed by atoms with Crippen LogP contribution in [0.5, 0.6) is 0 Å². The van der Waals surface area contributed by atoms with E-state index in [2.05, 4.69) is 20.8 Å². The molecule has 0 bridgehead atoms. The van der Waals surface area contributed by atoms with Crippen molar-refractivity contribution >= 4 is 9.84 Å². The zero-order valence-electron chi connectivity index (χ0n) is 11.9. The lowest BCUT2D eigenvalue weighted by Gasteiger charge is -2.30. The fourth-order valence-electron chi connectivity index (χ4n) is 2.62. The maximum Gasteiger partial charge on any atom is 0.175 e. The third-order valence-electron chi connectivity index (χ3n) is 3.58. The molecule has 0 unspecified atom stereocenters. The maximum atomic E-state index is 11.4. The van der Waals surface area contributed by atoms with Gasteiger partial charge in [0.15, 0.2) is 9.84 Å². The standard InChI is InChI=1S/C15H24O2S/c1-5-11-15(3,12-6-2)13-7-9-14(10-8-13)18(4,16)17/h7-10H,5-6,11-12H2,1-4H3. The third-order valence-corrected chi connectivity index (χ3v) is 4.71. The van der Waals surface area contributed by atoms with E-state index in [0.717, 1.165) is 25.7 Å². The molecule has 0 aliphatic carbocycles. The molecule has 0 N–H and O–H groups in total. The van der Waals surface area contributed by atoms with Gasteiger partial charge in [0.25, 0.3) is 0 Å². The van der Waals surface area contributed by atoms with Gasteiger partial charge in [-0.3, -0.25) is 0 Å². The zero-order chi connectivity index (χ0) is 13.8. The Hall–Kier alpha value is -0.830. The van der Waals surface area contributed by atoms with Crippen LogP contribution in [0.1, 0.15) is 52.0 Å². The Bertz CT molecular complexity index is 466. The number of hydrogen-bond donors (Lipinski definition) is 0. The van der Waals surface area contributed by atoms with Gasteiger partial charge in [0.05, 0.1) is 4.90 Å². The number of benzene rings is 1. The molecule has 0 saturated heterocycles. The van der Waals surface area contributed by atoms with Gasteiger partial charge >= 0.3 is 0 Å². The lowest BCUT2D eigenvalue weighted by atomic mass is 9.75. The average Bonchev–Trinajstić information content (AvgIpc) is 2.29. The van der Waals surface area contributed by atoms with Crippen LogP contribution < -0.4 is 0 Å². The van der Waals surface area contributed by atoms with Crippen LogP contribution in [-0.4, -0.2) is 14.7 Å². The molecule has 1 aromatic carbocycles. The molecule has 0 saturated carbocycles. The van der Waals surface area contributed by atoms with Crippen molar-refractivity contribution in [3.63, 3.8) is 0 Å².